The third-order valence-electron chi connectivity index (χ3n) is 4.89. The van der Waals surface area contributed by atoms with Gasteiger partial charge in [-0.05, 0) is 58.7 Å². The van der Waals surface area contributed by atoms with Crippen LogP contribution in [0.25, 0.3) is 0 Å². The fraction of sp³-hybridized carbons (Fsp3) is 0.160. The molecule has 0 radical (unpaired) electrons. The Morgan fingerprint density at radius 2 is 1.86 bits per heavy atom. The Hall–Kier alpha value is -3.43. The second-order valence-electron chi connectivity index (χ2n) is 7.34. The van der Waals surface area contributed by atoms with E-state index in [1.54, 1.807) is 24.3 Å². The summed E-state index contributed by atoms with van der Waals surface area (Å²) >= 11 is 9.65. The maximum Gasteiger partial charge on any atom is 0.252 e. The molecule has 35 heavy (non-hydrogen) atoms. The molecule has 182 valence electrons. The number of ether oxygens (including phenoxy) is 2. The molecular weight excluding hydrogens is 541 g/mol. The number of nitrogens with zero attached hydrogens (tertiary/aromatic N) is 1. The van der Waals surface area contributed by atoms with Gasteiger partial charge in [-0.3, -0.25) is 9.59 Å². The second kappa shape index (κ2) is 12.3. The number of rotatable bonds is 9. The van der Waals surface area contributed by atoms with Crippen molar-refractivity contribution in [3.8, 4) is 11.5 Å². The summed E-state index contributed by atoms with van der Waals surface area (Å²) in [5, 5.41) is 6.89. The zero-order valence-corrected chi connectivity index (χ0v) is 21.2. The highest BCUT2D eigenvalue weighted by Crippen LogP contribution is 2.37. The van der Waals surface area contributed by atoms with Gasteiger partial charge in [0, 0.05) is 10.6 Å². The molecule has 2 N–H and O–H groups in total. The molecule has 0 aromatic heterocycles. The van der Waals surface area contributed by atoms with E-state index in [9.17, 15) is 14.0 Å². The molecule has 10 heteroatoms. The number of hydrazone groups is 1. The van der Waals surface area contributed by atoms with Crippen LogP contribution in [0.1, 0.15) is 18.1 Å². The molecule has 0 aliphatic rings. The van der Waals surface area contributed by atoms with Crippen molar-refractivity contribution in [2.45, 2.75) is 13.5 Å². The molecule has 7 nitrogen and oxygen atoms in total. The van der Waals surface area contributed by atoms with Crippen LogP contribution in [0.15, 0.2) is 70.2 Å². The molecule has 3 rings (SSSR count). The third-order valence-corrected chi connectivity index (χ3v) is 5.85. The van der Waals surface area contributed by atoms with Gasteiger partial charge < -0.3 is 14.8 Å². The van der Waals surface area contributed by atoms with Gasteiger partial charge in [0.1, 0.15) is 18.3 Å². The van der Waals surface area contributed by atoms with E-state index in [0.717, 1.165) is 5.56 Å². The van der Waals surface area contributed by atoms with E-state index in [1.807, 2.05) is 18.2 Å². The first kappa shape index (κ1) is 26.2. The van der Waals surface area contributed by atoms with Crippen molar-refractivity contribution >= 4 is 51.2 Å². The fourth-order valence-corrected chi connectivity index (χ4v) is 3.67. The van der Waals surface area contributed by atoms with E-state index in [2.05, 4.69) is 31.8 Å². The van der Waals surface area contributed by atoms with E-state index >= 15 is 0 Å². The first-order valence-electron chi connectivity index (χ1n) is 10.4. The van der Waals surface area contributed by atoms with Crippen molar-refractivity contribution in [2.75, 3.05) is 12.4 Å². The van der Waals surface area contributed by atoms with Crippen LogP contribution in [0, 0.1) is 11.7 Å². The second-order valence-corrected chi connectivity index (χ2v) is 8.60. The molecule has 2 amide bonds. The summed E-state index contributed by atoms with van der Waals surface area (Å²) in [5.74, 6) is -2.09. The van der Waals surface area contributed by atoms with E-state index < -0.39 is 23.5 Å². The van der Waals surface area contributed by atoms with Crippen molar-refractivity contribution in [1.29, 1.82) is 0 Å². The van der Waals surface area contributed by atoms with Gasteiger partial charge in [-0.1, -0.05) is 41.9 Å². The molecule has 1 unspecified atom stereocenters. The molecule has 0 saturated carbocycles. The molecule has 0 spiro atoms. The maximum atomic E-state index is 13.7. The summed E-state index contributed by atoms with van der Waals surface area (Å²) in [6.45, 7) is 1.64. The molecular formula is C25H22BrClFN3O4. The Labute approximate surface area is 215 Å². The highest BCUT2D eigenvalue weighted by Gasteiger charge is 2.22. The SMILES string of the molecule is COc1cc(C=NNC(=O)C(C)C(=O)Nc2ccccc2F)cc(Br)c1OCc1ccccc1Cl. The van der Waals surface area contributed by atoms with Crippen LogP contribution in [0.5, 0.6) is 11.5 Å². The number of para-hydroxylation sites is 1. The first-order chi connectivity index (χ1) is 16.8. The maximum absolute atomic E-state index is 13.7. The minimum absolute atomic E-state index is 0.00515. The number of anilines is 1. The zero-order chi connectivity index (χ0) is 25.4. The lowest BCUT2D eigenvalue weighted by molar-refractivity contribution is -0.131. The lowest BCUT2D eigenvalue weighted by atomic mass is 10.1. The molecule has 3 aromatic carbocycles. The first-order valence-corrected chi connectivity index (χ1v) is 11.6. The van der Waals surface area contributed by atoms with Crippen LogP contribution >= 0.6 is 27.5 Å². The third kappa shape index (κ3) is 7.03. The predicted molar refractivity (Wildman–Crippen MR) is 136 cm³/mol. The Bertz CT molecular complexity index is 1260. The standard InChI is InChI=1S/C25H22BrClFN3O4/c1-15(24(32)30-21-10-6-5-9-20(21)28)25(33)31-29-13-16-11-18(26)23(22(12-16)34-2)35-14-17-7-3-4-8-19(17)27/h3-13,15H,14H2,1-2H3,(H,30,32)(H,31,33). The minimum Gasteiger partial charge on any atom is -0.493 e. The number of hydrogen-bond donors (Lipinski definition) is 2. The Morgan fingerprint density at radius 3 is 2.57 bits per heavy atom. The van der Waals surface area contributed by atoms with Crippen molar-refractivity contribution < 1.29 is 23.5 Å². The Morgan fingerprint density at radius 1 is 1.14 bits per heavy atom. The number of nitrogens with one attached hydrogen (secondary N) is 2. The lowest BCUT2D eigenvalue weighted by Gasteiger charge is -2.14. The Kier molecular flexibility index (Phi) is 9.22. The van der Waals surface area contributed by atoms with E-state index in [0.29, 0.717) is 26.6 Å². The summed E-state index contributed by atoms with van der Waals surface area (Å²) in [6, 6.07) is 16.5. The van der Waals surface area contributed by atoms with Crippen molar-refractivity contribution in [1.82, 2.24) is 5.43 Å². The van der Waals surface area contributed by atoms with Gasteiger partial charge in [0.15, 0.2) is 11.5 Å². The van der Waals surface area contributed by atoms with Crippen molar-refractivity contribution in [2.24, 2.45) is 11.0 Å². The van der Waals surface area contributed by atoms with Crippen LogP contribution in [0.2, 0.25) is 5.02 Å². The van der Waals surface area contributed by atoms with E-state index in [1.165, 1.54) is 38.4 Å². The van der Waals surface area contributed by atoms with Crippen LogP contribution in [0.3, 0.4) is 0 Å². The number of benzene rings is 3. The summed E-state index contributed by atoms with van der Waals surface area (Å²) in [4.78, 5) is 24.6. The average molecular weight is 563 g/mol. The average Bonchev–Trinajstić information content (AvgIpc) is 2.84. The monoisotopic (exact) mass is 561 g/mol. The minimum atomic E-state index is -1.10. The molecule has 1 atom stereocenters. The summed E-state index contributed by atoms with van der Waals surface area (Å²) in [6.07, 6.45) is 1.39. The van der Waals surface area contributed by atoms with E-state index in [-0.39, 0.29) is 12.3 Å². The van der Waals surface area contributed by atoms with Gasteiger partial charge in [0.05, 0.1) is 23.5 Å². The predicted octanol–water partition coefficient (Wildman–Crippen LogP) is 5.55. The number of hydrogen-bond acceptors (Lipinski definition) is 5. The van der Waals surface area contributed by atoms with Crippen LogP contribution in [0.4, 0.5) is 10.1 Å². The molecule has 0 aliphatic heterocycles. The zero-order valence-electron chi connectivity index (χ0n) is 18.8. The highest BCUT2D eigenvalue weighted by molar-refractivity contribution is 9.10. The molecule has 0 fully saturated rings. The topological polar surface area (TPSA) is 89.0 Å². The number of methoxy groups -OCH3 is 1. The summed E-state index contributed by atoms with van der Waals surface area (Å²) in [7, 11) is 1.50. The van der Waals surface area contributed by atoms with Gasteiger partial charge >= 0.3 is 0 Å². The van der Waals surface area contributed by atoms with Crippen LogP contribution in [-0.4, -0.2) is 25.1 Å². The number of carbonyl (C=O) groups is 2. The smallest absolute Gasteiger partial charge is 0.252 e. The molecule has 3 aromatic rings. The molecule has 0 saturated heterocycles. The molecule has 0 heterocycles. The number of carbonyl (C=O) groups excluding carboxylic acids is 2. The summed E-state index contributed by atoms with van der Waals surface area (Å²) < 4.78 is 25.6. The fourth-order valence-electron chi connectivity index (χ4n) is 2.91. The Balaban J connectivity index is 1.62. The van der Waals surface area contributed by atoms with Gasteiger partial charge in [-0.2, -0.15) is 5.10 Å². The van der Waals surface area contributed by atoms with Crippen LogP contribution < -0.4 is 20.2 Å². The normalized spacial score (nSPS) is 11.7. The lowest BCUT2D eigenvalue weighted by Crippen LogP contribution is -2.34. The van der Waals surface area contributed by atoms with Gasteiger partial charge in [0.25, 0.3) is 5.91 Å². The number of halogens is 3. The van der Waals surface area contributed by atoms with Gasteiger partial charge in [0.2, 0.25) is 5.91 Å². The van der Waals surface area contributed by atoms with E-state index in [4.69, 9.17) is 21.1 Å². The largest absolute Gasteiger partial charge is 0.493 e. The van der Waals surface area contributed by atoms with Crippen molar-refractivity contribution in [3.05, 3.63) is 87.1 Å². The highest BCUT2D eigenvalue weighted by atomic mass is 79.9. The van der Waals surface area contributed by atoms with Gasteiger partial charge in [-0.15, -0.1) is 0 Å². The molecule has 0 aliphatic carbocycles. The van der Waals surface area contributed by atoms with Crippen LogP contribution in [-0.2, 0) is 16.2 Å². The van der Waals surface area contributed by atoms with Gasteiger partial charge in [-0.25, -0.2) is 9.82 Å². The quantitative estimate of drug-likeness (QED) is 0.203. The molecule has 0 bridgehead atoms. The number of amides is 2. The summed E-state index contributed by atoms with van der Waals surface area (Å²) in [5.41, 5.74) is 3.73. The van der Waals surface area contributed by atoms with Crippen molar-refractivity contribution in [3.63, 3.8) is 0 Å².